The highest BCUT2D eigenvalue weighted by molar-refractivity contribution is 5.76. The monoisotopic (exact) mass is 260 g/mol. The number of carbonyl (C=O) groups excluding carboxylic acids is 1. The molecule has 0 saturated heterocycles. The van der Waals surface area contributed by atoms with E-state index in [9.17, 15) is 4.79 Å². The minimum absolute atomic E-state index is 0.159. The van der Waals surface area contributed by atoms with Crippen molar-refractivity contribution >= 4 is 5.91 Å². The number of rotatable bonds is 5. The second-order valence-electron chi connectivity index (χ2n) is 5.59. The molecule has 19 heavy (non-hydrogen) atoms. The highest BCUT2D eigenvalue weighted by Gasteiger charge is 2.26. The zero-order valence-electron chi connectivity index (χ0n) is 11.7. The van der Waals surface area contributed by atoms with E-state index in [-0.39, 0.29) is 5.91 Å². The van der Waals surface area contributed by atoms with Gasteiger partial charge in [0, 0.05) is 12.5 Å². The lowest BCUT2D eigenvalue weighted by Gasteiger charge is -2.19. The molecule has 1 amide bonds. The van der Waals surface area contributed by atoms with Gasteiger partial charge in [0.1, 0.15) is 0 Å². The van der Waals surface area contributed by atoms with Crippen LogP contribution in [0, 0.1) is 12.8 Å². The Morgan fingerprint density at radius 2 is 2.26 bits per heavy atom. The number of nitrogens with one attached hydrogen (secondary N) is 1. The van der Waals surface area contributed by atoms with Gasteiger partial charge in [-0.2, -0.15) is 0 Å². The molecule has 2 atom stereocenters. The van der Waals surface area contributed by atoms with Gasteiger partial charge in [0.15, 0.2) is 0 Å². The first-order valence-corrected chi connectivity index (χ1v) is 7.24. The quantitative estimate of drug-likeness (QED) is 0.852. The van der Waals surface area contributed by atoms with Crippen molar-refractivity contribution in [2.24, 2.45) is 11.7 Å². The molecule has 2 rings (SSSR count). The van der Waals surface area contributed by atoms with Crippen molar-refractivity contribution in [1.82, 2.24) is 5.32 Å². The Morgan fingerprint density at radius 1 is 1.42 bits per heavy atom. The van der Waals surface area contributed by atoms with Crippen molar-refractivity contribution in [3.05, 3.63) is 35.4 Å². The van der Waals surface area contributed by atoms with Gasteiger partial charge in [-0.15, -0.1) is 0 Å². The number of nitrogens with two attached hydrogens (primary N) is 1. The Morgan fingerprint density at radius 3 is 3.00 bits per heavy atom. The third-order valence-corrected chi connectivity index (χ3v) is 4.03. The average molecular weight is 260 g/mol. The molecule has 1 saturated carbocycles. The summed E-state index contributed by atoms with van der Waals surface area (Å²) in [6, 6.07) is 8.65. The van der Waals surface area contributed by atoms with Crippen LogP contribution in [0.15, 0.2) is 24.3 Å². The van der Waals surface area contributed by atoms with Gasteiger partial charge in [-0.25, -0.2) is 0 Å². The molecule has 1 fully saturated rings. The molecule has 1 aliphatic rings. The number of benzene rings is 1. The number of hydrogen-bond acceptors (Lipinski definition) is 2. The van der Waals surface area contributed by atoms with E-state index in [1.165, 1.54) is 17.5 Å². The second kappa shape index (κ2) is 6.71. The van der Waals surface area contributed by atoms with Crippen LogP contribution in [0.25, 0.3) is 0 Å². The molecule has 0 heterocycles. The van der Waals surface area contributed by atoms with Crippen LogP contribution in [0.1, 0.15) is 36.8 Å². The molecule has 2 unspecified atom stereocenters. The molecular weight excluding hydrogens is 236 g/mol. The van der Waals surface area contributed by atoms with E-state index in [1.807, 2.05) is 6.07 Å². The Balaban J connectivity index is 1.78. The van der Waals surface area contributed by atoms with Crippen LogP contribution < -0.4 is 11.1 Å². The molecular formula is C16H24N2O. The minimum atomic E-state index is 0.159. The third kappa shape index (κ3) is 4.06. The molecule has 1 aromatic rings. The predicted octanol–water partition coefficient (Wildman–Crippen LogP) is 2.17. The van der Waals surface area contributed by atoms with E-state index in [2.05, 4.69) is 30.4 Å². The third-order valence-electron chi connectivity index (χ3n) is 4.03. The molecule has 0 bridgehead atoms. The van der Waals surface area contributed by atoms with E-state index in [4.69, 9.17) is 5.73 Å². The van der Waals surface area contributed by atoms with Crippen molar-refractivity contribution in [2.75, 3.05) is 6.54 Å². The van der Waals surface area contributed by atoms with Gasteiger partial charge in [-0.05, 0) is 44.2 Å². The van der Waals surface area contributed by atoms with Crippen LogP contribution in [-0.4, -0.2) is 18.5 Å². The molecule has 0 spiro atoms. The van der Waals surface area contributed by atoms with Crippen molar-refractivity contribution in [3.8, 4) is 0 Å². The van der Waals surface area contributed by atoms with Crippen LogP contribution in [0.4, 0.5) is 0 Å². The van der Waals surface area contributed by atoms with E-state index >= 15 is 0 Å². The van der Waals surface area contributed by atoms with Gasteiger partial charge in [-0.3, -0.25) is 4.79 Å². The number of hydrogen-bond donors (Lipinski definition) is 2. The van der Waals surface area contributed by atoms with Crippen LogP contribution in [0.2, 0.25) is 0 Å². The lowest BCUT2D eigenvalue weighted by molar-refractivity contribution is -0.122. The van der Waals surface area contributed by atoms with Crippen molar-refractivity contribution in [2.45, 2.75) is 45.1 Å². The van der Waals surface area contributed by atoms with Crippen LogP contribution in [0.3, 0.4) is 0 Å². The maximum Gasteiger partial charge on any atom is 0.220 e. The summed E-state index contributed by atoms with van der Waals surface area (Å²) < 4.78 is 0. The molecule has 0 radical (unpaired) electrons. The SMILES string of the molecule is Cc1cccc(CCC(=O)NC2CCCC2CN)c1. The van der Waals surface area contributed by atoms with Gasteiger partial charge < -0.3 is 11.1 Å². The highest BCUT2D eigenvalue weighted by atomic mass is 16.1. The number of amides is 1. The summed E-state index contributed by atoms with van der Waals surface area (Å²) in [7, 11) is 0. The maximum atomic E-state index is 12.0. The van der Waals surface area contributed by atoms with Crippen LogP contribution >= 0.6 is 0 Å². The van der Waals surface area contributed by atoms with Crippen LogP contribution in [-0.2, 0) is 11.2 Å². The van der Waals surface area contributed by atoms with Gasteiger partial charge in [0.2, 0.25) is 5.91 Å². The van der Waals surface area contributed by atoms with Gasteiger partial charge in [0.05, 0.1) is 0 Å². The zero-order chi connectivity index (χ0) is 13.7. The molecule has 3 nitrogen and oxygen atoms in total. The predicted molar refractivity (Wildman–Crippen MR) is 77.8 cm³/mol. The Hall–Kier alpha value is -1.35. The Kier molecular flexibility index (Phi) is 4.97. The first kappa shape index (κ1) is 14.1. The Labute approximate surface area is 115 Å². The summed E-state index contributed by atoms with van der Waals surface area (Å²) in [5.41, 5.74) is 8.21. The molecule has 1 aromatic carbocycles. The lowest BCUT2D eigenvalue weighted by Crippen LogP contribution is -2.39. The topological polar surface area (TPSA) is 55.1 Å². The summed E-state index contributed by atoms with van der Waals surface area (Å²) >= 11 is 0. The van der Waals surface area contributed by atoms with Gasteiger partial charge in [-0.1, -0.05) is 36.2 Å². The van der Waals surface area contributed by atoms with E-state index in [1.54, 1.807) is 0 Å². The number of carbonyl (C=O) groups is 1. The fourth-order valence-electron chi connectivity index (χ4n) is 2.91. The summed E-state index contributed by atoms with van der Waals surface area (Å²) in [6.45, 7) is 2.76. The number of aryl methyl sites for hydroxylation is 2. The maximum absolute atomic E-state index is 12.0. The molecule has 0 aliphatic heterocycles. The van der Waals surface area contributed by atoms with Crippen molar-refractivity contribution < 1.29 is 4.79 Å². The smallest absolute Gasteiger partial charge is 0.220 e. The largest absolute Gasteiger partial charge is 0.353 e. The van der Waals surface area contributed by atoms with Crippen molar-refractivity contribution in [3.63, 3.8) is 0 Å². The first-order valence-electron chi connectivity index (χ1n) is 7.24. The molecule has 104 valence electrons. The average Bonchev–Trinajstić information content (AvgIpc) is 2.84. The second-order valence-corrected chi connectivity index (χ2v) is 5.59. The summed E-state index contributed by atoms with van der Waals surface area (Å²) in [4.78, 5) is 12.0. The summed E-state index contributed by atoms with van der Waals surface area (Å²) in [6.07, 6.45) is 4.80. The Bertz CT molecular complexity index is 431. The van der Waals surface area contributed by atoms with Gasteiger partial charge in [0.25, 0.3) is 0 Å². The van der Waals surface area contributed by atoms with Crippen molar-refractivity contribution in [1.29, 1.82) is 0 Å². The standard InChI is InChI=1S/C16H24N2O/c1-12-4-2-5-13(10-12)8-9-16(19)18-15-7-3-6-14(15)11-17/h2,4-5,10,14-15H,3,6-9,11,17H2,1H3,(H,18,19). The zero-order valence-corrected chi connectivity index (χ0v) is 11.7. The van der Waals surface area contributed by atoms with Crippen LogP contribution in [0.5, 0.6) is 0 Å². The summed E-state index contributed by atoms with van der Waals surface area (Å²) in [5, 5.41) is 3.15. The van der Waals surface area contributed by atoms with E-state index in [0.717, 1.165) is 19.3 Å². The fraction of sp³-hybridized carbons (Fsp3) is 0.562. The van der Waals surface area contributed by atoms with Gasteiger partial charge >= 0.3 is 0 Å². The molecule has 1 aliphatic carbocycles. The summed E-state index contributed by atoms with van der Waals surface area (Å²) in [5.74, 6) is 0.634. The van der Waals surface area contributed by atoms with E-state index in [0.29, 0.717) is 24.9 Å². The highest BCUT2D eigenvalue weighted by Crippen LogP contribution is 2.24. The lowest BCUT2D eigenvalue weighted by atomic mass is 10.0. The minimum Gasteiger partial charge on any atom is -0.353 e. The molecule has 3 N–H and O–H groups in total. The fourth-order valence-corrected chi connectivity index (χ4v) is 2.91. The van der Waals surface area contributed by atoms with E-state index < -0.39 is 0 Å². The normalized spacial score (nSPS) is 22.4. The first-order chi connectivity index (χ1) is 9.19. The molecule has 3 heteroatoms. The molecule has 0 aromatic heterocycles.